The number of nitrogens with zero attached hydrogens (tertiary/aromatic N) is 1. The van der Waals surface area contributed by atoms with Crippen molar-refractivity contribution >= 4 is 21.6 Å². The number of benzene rings is 1. The van der Waals surface area contributed by atoms with Crippen LogP contribution in [0.15, 0.2) is 45.7 Å². The van der Waals surface area contributed by atoms with E-state index < -0.39 is 0 Å². The number of hydrogen-bond donors (Lipinski definition) is 1. The second kappa shape index (κ2) is 5.59. The zero-order valence-corrected chi connectivity index (χ0v) is 12.1. The molecule has 3 nitrogen and oxygen atoms in total. The molecule has 18 heavy (non-hydrogen) atoms. The van der Waals surface area contributed by atoms with Crippen molar-refractivity contribution in [1.82, 2.24) is 0 Å². The molecule has 2 rings (SSSR count). The predicted octanol–water partition coefficient (Wildman–Crippen LogP) is 3.70. The molecule has 1 aromatic carbocycles. The van der Waals surface area contributed by atoms with Gasteiger partial charge < -0.3 is 15.1 Å². The number of hydrogen-bond acceptors (Lipinski definition) is 3. The largest absolute Gasteiger partial charge is 0.472 e. The van der Waals surface area contributed by atoms with E-state index in [1.54, 1.807) is 12.5 Å². The molecule has 0 bridgehead atoms. The molecule has 96 valence electrons. The molecular formula is C14H17BrN2O. The Balaban J connectivity index is 2.26. The second-order valence-electron chi connectivity index (χ2n) is 4.48. The van der Waals surface area contributed by atoms with Crippen molar-refractivity contribution in [3.8, 4) is 0 Å². The van der Waals surface area contributed by atoms with Crippen molar-refractivity contribution in [2.75, 3.05) is 11.9 Å². The molecular weight excluding hydrogens is 292 g/mol. The molecule has 0 saturated carbocycles. The van der Waals surface area contributed by atoms with Crippen LogP contribution in [0.2, 0.25) is 0 Å². The van der Waals surface area contributed by atoms with E-state index >= 15 is 0 Å². The number of halogens is 1. The van der Waals surface area contributed by atoms with Crippen LogP contribution in [0.1, 0.15) is 24.1 Å². The van der Waals surface area contributed by atoms with Crippen molar-refractivity contribution in [3.05, 3.63) is 52.4 Å². The Labute approximate surface area is 116 Å². The van der Waals surface area contributed by atoms with Gasteiger partial charge in [-0.1, -0.05) is 15.9 Å². The molecule has 1 heterocycles. The van der Waals surface area contributed by atoms with Crippen LogP contribution in [0.3, 0.4) is 0 Å². The molecule has 0 aliphatic carbocycles. The van der Waals surface area contributed by atoms with Crippen LogP contribution in [0.4, 0.5) is 5.69 Å². The van der Waals surface area contributed by atoms with E-state index in [9.17, 15) is 0 Å². The van der Waals surface area contributed by atoms with Crippen molar-refractivity contribution in [2.45, 2.75) is 19.5 Å². The zero-order chi connectivity index (χ0) is 13.1. The fourth-order valence-electron chi connectivity index (χ4n) is 1.98. The molecule has 1 aromatic heterocycles. The van der Waals surface area contributed by atoms with Gasteiger partial charge in [-0.2, -0.15) is 0 Å². The fourth-order valence-corrected chi connectivity index (χ4v) is 2.36. The molecule has 1 unspecified atom stereocenters. The Morgan fingerprint density at radius 1 is 1.39 bits per heavy atom. The van der Waals surface area contributed by atoms with E-state index in [1.807, 2.05) is 19.1 Å². The highest BCUT2D eigenvalue weighted by Crippen LogP contribution is 2.28. The van der Waals surface area contributed by atoms with Gasteiger partial charge in [0.15, 0.2) is 0 Å². The molecule has 2 aromatic rings. The summed E-state index contributed by atoms with van der Waals surface area (Å²) in [5.74, 6) is 0. The molecule has 0 amide bonds. The minimum absolute atomic E-state index is 0.00398. The lowest BCUT2D eigenvalue weighted by Gasteiger charge is -2.23. The first-order valence-electron chi connectivity index (χ1n) is 5.85. The molecule has 4 heteroatoms. The summed E-state index contributed by atoms with van der Waals surface area (Å²) in [5, 5.41) is 0. The summed E-state index contributed by atoms with van der Waals surface area (Å²) in [6, 6.07) is 8.17. The van der Waals surface area contributed by atoms with Crippen LogP contribution in [0.25, 0.3) is 0 Å². The van der Waals surface area contributed by atoms with Gasteiger partial charge in [0, 0.05) is 35.4 Å². The maximum atomic E-state index is 6.03. The SMILES string of the molecule is CC(N)c1cc(Br)ccc1N(C)Cc1ccoc1. The average Bonchev–Trinajstić information content (AvgIpc) is 2.81. The molecule has 0 fully saturated rings. The summed E-state index contributed by atoms with van der Waals surface area (Å²) in [6.07, 6.45) is 3.46. The van der Waals surface area contributed by atoms with E-state index in [0.29, 0.717) is 0 Å². The van der Waals surface area contributed by atoms with Crippen LogP contribution in [-0.2, 0) is 6.54 Å². The normalized spacial score (nSPS) is 12.4. The minimum atomic E-state index is 0.00398. The molecule has 0 radical (unpaired) electrons. The minimum Gasteiger partial charge on any atom is -0.472 e. The molecule has 0 aliphatic rings. The quantitative estimate of drug-likeness (QED) is 0.936. The van der Waals surface area contributed by atoms with Gasteiger partial charge in [0.05, 0.1) is 12.5 Å². The van der Waals surface area contributed by atoms with E-state index in [0.717, 1.165) is 27.8 Å². The predicted molar refractivity (Wildman–Crippen MR) is 77.6 cm³/mol. The van der Waals surface area contributed by atoms with E-state index in [-0.39, 0.29) is 6.04 Å². The molecule has 0 spiro atoms. The maximum absolute atomic E-state index is 6.03. The average molecular weight is 309 g/mol. The first-order valence-corrected chi connectivity index (χ1v) is 6.64. The molecule has 0 aliphatic heterocycles. The molecule has 0 saturated heterocycles. The van der Waals surface area contributed by atoms with Gasteiger partial charge in [0.1, 0.15) is 0 Å². The van der Waals surface area contributed by atoms with E-state index in [1.165, 1.54) is 0 Å². The Hall–Kier alpha value is -1.26. The number of nitrogens with two attached hydrogens (primary N) is 1. The third-order valence-corrected chi connectivity index (χ3v) is 3.38. The van der Waals surface area contributed by atoms with Gasteiger partial charge in [0.2, 0.25) is 0 Å². The monoisotopic (exact) mass is 308 g/mol. The van der Waals surface area contributed by atoms with Crippen LogP contribution in [0.5, 0.6) is 0 Å². The lowest BCUT2D eigenvalue weighted by molar-refractivity contribution is 0.563. The maximum Gasteiger partial charge on any atom is 0.0952 e. The first-order chi connectivity index (χ1) is 8.58. The smallest absolute Gasteiger partial charge is 0.0952 e. The number of furan rings is 1. The van der Waals surface area contributed by atoms with Gasteiger partial charge in [0.25, 0.3) is 0 Å². The highest BCUT2D eigenvalue weighted by Gasteiger charge is 2.12. The third kappa shape index (κ3) is 2.94. The number of anilines is 1. The highest BCUT2D eigenvalue weighted by atomic mass is 79.9. The Morgan fingerprint density at radius 3 is 2.78 bits per heavy atom. The van der Waals surface area contributed by atoms with Crippen molar-refractivity contribution in [3.63, 3.8) is 0 Å². The lowest BCUT2D eigenvalue weighted by atomic mass is 10.1. The summed E-state index contributed by atoms with van der Waals surface area (Å²) in [6.45, 7) is 2.80. The van der Waals surface area contributed by atoms with Gasteiger partial charge in [-0.05, 0) is 36.8 Å². The fraction of sp³-hybridized carbons (Fsp3) is 0.286. The van der Waals surface area contributed by atoms with Crippen molar-refractivity contribution < 1.29 is 4.42 Å². The second-order valence-corrected chi connectivity index (χ2v) is 5.40. The van der Waals surface area contributed by atoms with Crippen molar-refractivity contribution in [2.24, 2.45) is 5.73 Å². The summed E-state index contributed by atoms with van der Waals surface area (Å²) in [7, 11) is 2.06. The van der Waals surface area contributed by atoms with E-state index in [4.69, 9.17) is 10.2 Å². The standard InChI is InChI=1S/C14H17BrN2O/c1-10(16)13-7-12(15)3-4-14(13)17(2)8-11-5-6-18-9-11/h3-7,9-10H,8,16H2,1-2H3. The summed E-state index contributed by atoms with van der Waals surface area (Å²) >= 11 is 3.49. The highest BCUT2D eigenvalue weighted by molar-refractivity contribution is 9.10. The number of rotatable bonds is 4. The van der Waals surface area contributed by atoms with Crippen LogP contribution in [-0.4, -0.2) is 7.05 Å². The third-order valence-electron chi connectivity index (χ3n) is 2.89. The first kappa shape index (κ1) is 13.2. The molecule has 2 N–H and O–H groups in total. The Kier molecular flexibility index (Phi) is 4.09. The Morgan fingerprint density at radius 2 is 2.17 bits per heavy atom. The van der Waals surface area contributed by atoms with Crippen LogP contribution >= 0.6 is 15.9 Å². The Bertz CT molecular complexity index is 509. The molecule has 1 atom stereocenters. The van der Waals surface area contributed by atoms with Crippen LogP contribution in [0, 0.1) is 0 Å². The van der Waals surface area contributed by atoms with Gasteiger partial charge in [-0.15, -0.1) is 0 Å². The van der Waals surface area contributed by atoms with Gasteiger partial charge >= 0.3 is 0 Å². The zero-order valence-electron chi connectivity index (χ0n) is 10.6. The summed E-state index contributed by atoms with van der Waals surface area (Å²) < 4.78 is 6.14. The van der Waals surface area contributed by atoms with Gasteiger partial charge in [-0.25, -0.2) is 0 Å². The lowest BCUT2D eigenvalue weighted by Crippen LogP contribution is -2.19. The van der Waals surface area contributed by atoms with Gasteiger partial charge in [-0.3, -0.25) is 0 Å². The topological polar surface area (TPSA) is 42.4 Å². The summed E-state index contributed by atoms with van der Waals surface area (Å²) in [4.78, 5) is 2.18. The van der Waals surface area contributed by atoms with E-state index in [2.05, 4.69) is 40.0 Å². The van der Waals surface area contributed by atoms with Crippen LogP contribution < -0.4 is 10.6 Å². The van der Waals surface area contributed by atoms with Crippen molar-refractivity contribution in [1.29, 1.82) is 0 Å². The summed E-state index contributed by atoms with van der Waals surface area (Å²) in [5.41, 5.74) is 9.46.